The third-order valence-corrected chi connectivity index (χ3v) is 5.29. The van der Waals surface area contributed by atoms with Crippen LogP contribution in [0.25, 0.3) is 0 Å². The maximum Gasteiger partial charge on any atom is 0.262 e. The van der Waals surface area contributed by atoms with Crippen molar-refractivity contribution in [2.24, 2.45) is 0 Å². The number of rotatable bonds is 3. The van der Waals surface area contributed by atoms with Crippen LogP contribution < -0.4 is 10.0 Å². The van der Waals surface area contributed by atoms with Crippen LogP contribution in [0, 0.1) is 12.7 Å². The lowest BCUT2D eigenvalue weighted by atomic mass is 10.0. The van der Waals surface area contributed by atoms with Gasteiger partial charge in [-0.15, -0.1) is 0 Å². The standard InChI is InChI=1S/C16H15FN2O3S/c1-10-13(17)3-2-4-15(10)23(21,22)19-12-6-7-14-11(9-12)5-8-16(20)18-14/h2-4,6-7,9,19H,5,8H2,1H3,(H,18,20). The van der Waals surface area contributed by atoms with Crippen molar-refractivity contribution < 1.29 is 17.6 Å². The van der Waals surface area contributed by atoms with E-state index < -0.39 is 15.8 Å². The molecule has 0 spiro atoms. The molecule has 0 radical (unpaired) electrons. The lowest BCUT2D eigenvalue weighted by Crippen LogP contribution is -2.19. The highest BCUT2D eigenvalue weighted by atomic mass is 32.2. The molecular weight excluding hydrogens is 319 g/mol. The minimum atomic E-state index is -3.88. The van der Waals surface area contributed by atoms with E-state index in [9.17, 15) is 17.6 Å². The van der Waals surface area contributed by atoms with Crippen LogP contribution in [0.3, 0.4) is 0 Å². The largest absolute Gasteiger partial charge is 0.326 e. The van der Waals surface area contributed by atoms with E-state index in [1.165, 1.54) is 25.1 Å². The van der Waals surface area contributed by atoms with Gasteiger partial charge in [0.1, 0.15) is 5.82 Å². The van der Waals surface area contributed by atoms with Gasteiger partial charge in [-0.1, -0.05) is 6.07 Å². The molecule has 1 aliphatic heterocycles. The van der Waals surface area contributed by atoms with Crippen molar-refractivity contribution in [2.45, 2.75) is 24.7 Å². The van der Waals surface area contributed by atoms with Crippen LogP contribution in [0.1, 0.15) is 17.5 Å². The lowest BCUT2D eigenvalue weighted by Gasteiger charge is -2.18. The van der Waals surface area contributed by atoms with Crippen LogP contribution in [-0.2, 0) is 21.2 Å². The van der Waals surface area contributed by atoms with Gasteiger partial charge in [0.2, 0.25) is 5.91 Å². The van der Waals surface area contributed by atoms with Crippen LogP contribution >= 0.6 is 0 Å². The summed E-state index contributed by atoms with van der Waals surface area (Å²) in [5, 5.41) is 2.73. The molecule has 2 aromatic carbocycles. The third-order valence-electron chi connectivity index (χ3n) is 3.76. The summed E-state index contributed by atoms with van der Waals surface area (Å²) in [6.45, 7) is 1.42. The van der Waals surface area contributed by atoms with E-state index in [1.807, 2.05) is 0 Å². The first-order valence-electron chi connectivity index (χ1n) is 7.07. The first kappa shape index (κ1) is 15.5. The molecule has 0 bridgehead atoms. The molecule has 1 aliphatic rings. The van der Waals surface area contributed by atoms with Crippen molar-refractivity contribution in [3.8, 4) is 0 Å². The number of fused-ring (bicyclic) bond motifs is 1. The Hall–Kier alpha value is -2.41. The Morgan fingerprint density at radius 3 is 2.74 bits per heavy atom. The SMILES string of the molecule is Cc1c(F)cccc1S(=O)(=O)Nc1ccc2c(c1)CCC(=O)N2. The Morgan fingerprint density at radius 2 is 1.96 bits per heavy atom. The fourth-order valence-electron chi connectivity index (χ4n) is 2.54. The number of hydrogen-bond donors (Lipinski definition) is 2. The van der Waals surface area contributed by atoms with Crippen LogP contribution in [-0.4, -0.2) is 14.3 Å². The van der Waals surface area contributed by atoms with Gasteiger partial charge in [-0.2, -0.15) is 0 Å². The summed E-state index contributed by atoms with van der Waals surface area (Å²) in [5.41, 5.74) is 2.00. The second-order valence-electron chi connectivity index (χ2n) is 5.39. The molecule has 7 heteroatoms. The Labute approximate surface area is 133 Å². The summed E-state index contributed by atoms with van der Waals surface area (Å²) in [4.78, 5) is 11.2. The number of carbonyl (C=O) groups is 1. The number of carbonyl (C=O) groups excluding carboxylic acids is 1. The molecule has 0 fully saturated rings. The number of anilines is 2. The van der Waals surface area contributed by atoms with Gasteiger partial charge in [-0.3, -0.25) is 9.52 Å². The highest BCUT2D eigenvalue weighted by molar-refractivity contribution is 7.92. The normalized spacial score (nSPS) is 14.1. The number of aryl methyl sites for hydroxylation is 1. The smallest absolute Gasteiger partial charge is 0.262 e. The van der Waals surface area contributed by atoms with Gasteiger partial charge in [0, 0.05) is 23.4 Å². The van der Waals surface area contributed by atoms with Gasteiger partial charge >= 0.3 is 0 Å². The van der Waals surface area contributed by atoms with Crippen molar-refractivity contribution in [1.29, 1.82) is 0 Å². The van der Waals surface area contributed by atoms with Gasteiger partial charge in [0.25, 0.3) is 10.0 Å². The molecule has 1 amide bonds. The van der Waals surface area contributed by atoms with Gasteiger partial charge in [-0.25, -0.2) is 12.8 Å². The maximum absolute atomic E-state index is 13.6. The Balaban J connectivity index is 1.92. The van der Waals surface area contributed by atoms with Crippen LogP contribution in [0.15, 0.2) is 41.3 Å². The molecule has 1 heterocycles. The first-order valence-corrected chi connectivity index (χ1v) is 8.56. The fraction of sp³-hybridized carbons (Fsp3) is 0.188. The minimum Gasteiger partial charge on any atom is -0.326 e. The summed E-state index contributed by atoms with van der Waals surface area (Å²) >= 11 is 0. The second kappa shape index (κ2) is 5.66. The number of sulfonamides is 1. The van der Waals surface area contributed by atoms with E-state index >= 15 is 0 Å². The number of benzene rings is 2. The molecule has 0 aliphatic carbocycles. The van der Waals surface area contributed by atoms with Crippen molar-refractivity contribution in [2.75, 3.05) is 10.0 Å². The summed E-state index contributed by atoms with van der Waals surface area (Å²) in [6, 6.07) is 8.84. The fourth-order valence-corrected chi connectivity index (χ4v) is 3.84. The van der Waals surface area contributed by atoms with E-state index in [4.69, 9.17) is 0 Å². The van der Waals surface area contributed by atoms with E-state index in [2.05, 4.69) is 10.0 Å². The molecule has 23 heavy (non-hydrogen) atoms. The van der Waals surface area contributed by atoms with Gasteiger partial charge in [-0.05, 0) is 49.2 Å². The average molecular weight is 334 g/mol. The molecule has 0 saturated heterocycles. The summed E-state index contributed by atoms with van der Waals surface area (Å²) in [5.74, 6) is -0.623. The zero-order valence-corrected chi connectivity index (χ0v) is 13.2. The topological polar surface area (TPSA) is 75.3 Å². The van der Waals surface area contributed by atoms with Crippen LogP contribution in [0.5, 0.6) is 0 Å². The van der Waals surface area contributed by atoms with Gasteiger partial charge in [0.15, 0.2) is 0 Å². The zero-order valence-electron chi connectivity index (χ0n) is 12.4. The van der Waals surface area contributed by atoms with Crippen molar-refractivity contribution >= 4 is 27.3 Å². The molecular formula is C16H15FN2O3S. The minimum absolute atomic E-state index is 0.0544. The molecule has 120 valence electrons. The summed E-state index contributed by atoms with van der Waals surface area (Å²) < 4.78 is 40.9. The molecule has 0 atom stereocenters. The predicted molar refractivity (Wildman–Crippen MR) is 85.3 cm³/mol. The van der Waals surface area contributed by atoms with E-state index in [0.29, 0.717) is 24.2 Å². The Kier molecular flexibility index (Phi) is 3.81. The van der Waals surface area contributed by atoms with Crippen LogP contribution in [0.4, 0.5) is 15.8 Å². The molecule has 5 nitrogen and oxygen atoms in total. The van der Waals surface area contributed by atoms with E-state index in [0.717, 1.165) is 5.56 Å². The lowest BCUT2D eigenvalue weighted by molar-refractivity contribution is -0.116. The Bertz CT molecular complexity index is 894. The molecule has 2 aromatic rings. The van der Waals surface area contributed by atoms with Crippen molar-refractivity contribution in [1.82, 2.24) is 0 Å². The first-order chi connectivity index (χ1) is 10.9. The van der Waals surface area contributed by atoms with Crippen molar-refractivity contribution in [3.05, 3.63) is 53.3 Å². The van der Waals surface area contributed by atoms with Crippen molar-refractivity contribution in [3.63, 3.8) is 0 Å². The molecule has 0 unspecified atom stereocenters. The third kappa shape index (κ3) is 3.05. The maximum atomic E-state index is 13.6. The summed E-state index contributed by atoms with van der Waals surface area (Å²) in [6.07, 6.45) is 0.919. The van der Waals surface area contributed by atoms with Gasteiger partial charge in [0.05, 0.1) is 4.90 Å². The molecule has 0 aromatic heterocycles. The van der Waals surface area contributed by atoms with Gasteiger partial charge < -0.3 is 5.32 Å². The van der Waals surface area contributed by atoms with Crippen LogP contribution in [0.2, 0.25) is 0 Å². The number of halogens is 1. The highest BCUT2D eigenvalue weighted by Crippen LogP contribution is 2.27. The Morgan fingerprint density at radius 1 is 1.17 bits per heavy atom. The van der Waals surface area contributed by atoms with E-state index in [1.54, 1.807) is 18.2 Å². The summed E-state index contributed by atoms with van der Waals surface area (Å²) in [7, 11) is -3.88. The molecule has 2 N–H and O–H groups in total. The quantitative estimate of drug-likeness (QED) is 0.906. The van der Waals surface area contributed by atoms with E-state index in [-0.39, 0.29) is 16.4 Å². The highest BCUT2D eigenvalue weighted by Gasteiger charge is 2.20. The molecule has 0 saturated carbocycles. The predicted octanol–water partition coefficient (Wildman–Crippen LogP) is 2.82. The molecule has 3 rings (SSSR count). The monoisotopic (exact) mass is 334 g/mol. The average Bonchev–Trinajstić information content (AvgIpc) is 2.49. The zero-order chi connectivity index (χ0) is 16.6. The number of hydrogen-bond acceptors (Lipinski definition) is 3. The number of nitrogens with one attached hydrogen (secondary N) is 2. The second-order valence-corrected chi connectivity index (χ2v) is 7.04. The number of amides is 1.